The summed E-state index contributed by atoms with van der Waals surface area (Å²) in [6.07, 6.45) is 3.27. The van der Waals surface area contributed by atoms with Crippen LogP contribution < -0.4 is 10.9 Å². The lowest BCUT2D eigenvalue weighted by Gasteiger charge is -2.08. The van der Waals surface area contributed by atoms with E-state index in [1.54, 1.807) is 18.4 Å². The number of nitrogens with one attached hydrogen (secondary N) is 2. The largest absolute Gasteiger partial charge is 0.469 e. The van der Waals surface area contributed by atoms with E-state index in [4.69, 9.17) is 4.42 Å². The van der Waals surface area contributed by atoms with Crippen molar-refractivity contribution in [2.45, 2.75) is 18.6 Å². The second-order valence-electron chi connectivity index (χ2n) is 5.89. The average Bonchev–Trinajstić information content (AvgIpc) is 3.31. The zero-order valence-corrected chi connectivity index (χ0v) is 16.3. The molecule has 2 N–H and O–H groups in total. The Kier molecular flexibility index (Phi) is 6.45. The maximum absolute atomic E-state index is 12.9. The Hall–Kier alpha value is -3.40. The Bertz CT molecular complexity index is 1030. The van der Waals surface area contributed by atoms with Crippen molar-refractivity contribution in [1.29, 1.82) is 0 Å². The third-order valence-electron chi connectivity index (χ3n) is 3.88. The summed E-state index contributed by atoms with van der Waals surface area (Å²) >= 11 is 1.17. The molecule has 0 aliphatic rings. The van der Waals surface area contributed by atoms with E-state index in [9.17, 15) is 14.0 Å². The van der Waals surface area contributed by atoms with Gasteiger partial charge in [0.2, 0.25) is 5.91 Å². The van der Waals surface area contributed by atoms with Crippen LogP contribution in [0.5, 0.6) is 0 Å². The third-order valence-corrected chi connectivity index (χ3v) is 4.85. The molecular weight excluding hydrogens is 397 g/mol. The minimum Gasteiger partial charge on any atom is -0.469 e. The van der Waals surface area contributed by atoms with Gasteiger partial charge in [-0.25, -0.2) is 4.39 Å². The number of benzene rings is 1. The number of hydrogen-bond donors (Lipinski definition) is 2. The highest BCUT2D eigenvalue weighted by molar-refractivity contribution is 7.99. The Labute approximate surface area is 170 Å². The number of allylic oxidation sites excluding steroid dienone is 1. The fourth-order valence-corrected chi connectivity index (χ4v) is 3.22. The van der Waals surface area contributed by atoms with Crippen LogP contribution in [0.2, 0.25) is 0 Å². The van der Waals surface area contributed by atoms with Crippen molar-refractivity contribution in [3.8, 4) is 11.4 Å². The number of nitrogens with zero attached hydrogens (tertiary/aromatic N) is 3. The minimum atomic E-state index is -0.545. The number of carbonyl (C=O) groups is 2. The van der Waals surface area contributed by atoms with Crippen LogP contribution in [0.1, 0.15) is 16.1 Å². The van der Waals surface area contributed by atoms with Crippen molar-refractivity contribution >= 4 is 23.6 Å². The van der Waals surface area contributed by atoms with Crippen molar-refractivity contribution < 1.29 is 18.4 Å². The van der Waals surface area contributed by atoms with E-state index in [1.165, 1.54) is 36.0 Å². The van der Waals surface area contributed by atoms with E-state index in [2.05, 4.69) is 27.6 Å². The van der Waals surface area contributed by atoms with E-state index < -0.39 is 17.6 Å². The van der Waals surface area contributed by atoms with Gasteiger partial charge in [0, 0.05) is 12.1 Å². The molecule has 2 aromatic heterocycles. The summed E-state index contributed by atoms with van der Waals surface area (Å²) in [5.41, 5.74) is 5.63. The predicted molar refractivity (Wildman–Crippen MR) is 105 cm³/mol. The van der Waals surface area contributed by atoms with Gasteiger partial charge in [-0.05, 0) is 37.3 Å². The first-order chi connectivity index (χ1) is 14.0. The number of hydrogen-bond acceptors (Lipinski definition) is 6. The fraction of sp³-hybridized carbons (Fsp3) is 0.158. The van der Waals surface area contributed by atoms with E-state index in [-0.39, 0.29) is 11.3 Å². The number of rotatable bonds is 7. The highest BCUT2D eigenvalue weighted by Gasteiger charge is 2.17. The van der Waals surface area contributed by atoms with Crippen LogP contribution in [0.4, 0.5) is 4.39 Å². The van der Waals surface area contributed by atoms with Crippen LogP contribution in [-0.4, -0.2) is 32.3 Å². The molecule has 0 unspecified atom stereocenters. The minimum absolute atomic E-state index is 0.00332. The third kappa shape index (κ3) is 4.91. The van der Waals surface area contributed by atoms with Crippen molar-refractivity contribution in [3.05, 3.63) is 66.4 Å². The van der Waals surface area contributed by atoms with Gasteiger partial charge < -0.3 is 4.42 Å². The molecule has 0 saturated carbocycles. The van der Waals surface area contributed by atoms with E-state index in [0.717, 1.165) is 5.56 Å². The first-order valence-electron chi connectivity index (χ1n) is 8.55. The molecule has 0 aliphatic heterocycles. The lowest BCUT2D eigenvalue weighted by molar-refractivity contribution is -0.119. The van der Waals surface area contributed by atoms with Crippen LogP contribution in [0.25, 0.3) is 11.4 Å². The maximum atomic E-state index is 12.9. The van der Waals surface area contributed by atoms with Crippen molar-refractivity contribution in [2.24, 2.45) is 0 Å². The Morgan fingerprint density at radius 2 is 2.00 bits per heavy atom. The average molecular weight is 415 g/mol. The van der Waals surface area contributed by atoms with Gasteiger partial charge in [-0.15, -0.1) is 16.8 Å². The maximum Gasteiger partial charge on any atom is 0.269 e. The quantitative estimate of drug-likeness (QED) is 0.350. The number of furan rings is 1. The molecule has 3 rings (SSSR count). The SMILES string of the molecule is C=CCn1c(SCC(=O)NNC(=O)c2ccc(F)cc2)nnc1-c1ccoc1C. The summed E-state index contributed by atoms with van der Waals surface area (Å²) in [7, 11) is 0. The molecule has 29 heavy (non-hydrogen) atoms. The Morgan fingerprint density at radius 3 is 2.66 bits per heavy atom. The highest BCUT2D eigenvalue weighted by Crippen LogP contribution is 2.26. The van der Waals surface area contributed by atoms with Gasteiger partial charge in [0.15, 0.2) is 11.0 Å². The zero-order valence-electron chi connectivity index (χ0n) is 15.5. The van der Waals surface area contributed by atoms with Gasteiger partial charge in [0.25, 0.3) is 5.91 Å². The molecule has 0 spiro atoms. The second kappa shape index (κ2) is 9.20. The lowest BCUT2D eigenvalue weighted by atomic mass is 10.2. The van der Waals surface area contributed by atoms with Crippen LogP contribution in [-0.2, 0) is 11.3 Å². The second-order valence-corrected chi connectivity index (χ2v) is 6.84. The van der Waals surface area contributed by atoms with Gasteiger partial charge in [0.05, 0.1) is 17.6 Å². The number of hydrazine groups is 1. The van der Waals surface area contributed by atoms with Gasteiger partial charge in [-0.3, -0.25) is 25.0 Å². The molecule has 0 atom stereocenters. The number of aromatic nitrogens is 3. The molecule has 1 aromatic carbocycles. The molecule has 2 amide bonds. The Balaban J connectivity index is 1.59. The molecule has 150 valence electrons. The molecule has 10 heteroatoms. The Morgan fingerprint density at radius 1 is 1.24 bits per heavy atom. The van der Waals surface area contributed by atoms with Crippen molar-refractivity contribution in [2.75, 3.05) is 5.75 Å². The normalized spacial score (nSPS) is 10.6. The fourth-order valence-electron chi connectivity index (χ4n) is 2.47. The number of thioether (sulfide) groups is 1. The summed E-state index contributed by atoms with van der Waals surface area (Å²) in [6, 6.07) is 6.77. The number of carbonyl (C=O) groups excluding carboxylic acids is 2. The van der Waals surface area contributed by atoms with E-state index >= 15 is 0 Å². The smallest absolute Gasteiger partial charge is 0.269 e. The van der Waals surface area contributed by atoms with E-state index in [1.807, 2.05) is 11.5 Å². The zero-order chi connectivity index (χ0) is 20.8. The molecular formula is C19H18FN5O3S. The summed E-state index contributed by atoms with van der Waals surface area (Å²) < 4.78 is 20.0. The topological polar surface area (TPSA) is 102 Å². The molecule has 3 aromatic rings. The molecule has 0 bridgehead atoms. The molecule has 8 nitrogen and oxygen atoms in total. The van der Waals surface area contributed by atoms with Gasteiger partial charge in [0.1, 0.15) is 11.6 Å². The number of halogens is 1. The first-order valence-corrected chi connectivity index (χ1v) is 9.54. The van der Waals surface area contributed by atoms with E-state index in [0.29, 0.717) is 23.3 Å². The molecule has 0 radical (unpaired) electrons. The van der Waals surface area contributed by atoms with Crippen molar-refractivity contribution in [3.63, 3.8) is 0 Å². The lowest BCUT2D eigenvalue weighted by Crippen LogP contribution is -2.42. The predicted octanol–water partition coefficient (Wildman–Crippen LogP) is 2.72. The standard InChI is InChI=1S/C19H18FN5O3S/c1-3-9-25-17(15-8-10-28-12(15)2)22-24-19(25)29-11-16(26)21-23-18(27)13-4-6-14(20)7-5-13/h3-8,10H,1,9,11H2,2H3,(H,21,26)(H,23,27). The molecule has 0 aliphatic carbocycles. The summed E-state index contributed by atoms with van der Waals surface area (Å²) in [5, 5.41) is 8.86. The van der Waals surface area contributed by atoms with Crippen LogP contribution >= 0.6 is 11.8 Å². The first kappa shape index (κ1) is 20.3. The van der Waals surface area contributed by atoms with Crippen molar-refractivity contribution in [1.82, 2.24) is 25.6 Å². The summed E-state index contributed by atoms with van der Waals surface area (Å²) in [5.74, 6) is -0.0982. The van der Waals surface area contributed by atoms with Gasteiger partial charge in [-0.1, -0.05) is 17.8 Å². The number of amides is 2. The number of aryl methyl sites for hydroxylation is 1. The monoisotopic (exact) mass is 415 g/mol. The molecule has 2 heterocycles. The van der Waals surface area contributed by atoms with Gasteiger partial charge in [-0.2, -0.15) is 0 Å². The van der Waals surface area contributed by atoms with Crippen LogP contribution in [0.15, 0.2) is 58.8 Å². The summed E-state index contributed by atoms with van der Waals surface area (Å²) in [6.45, 7) is 6.02. The van der Waals surface area contributed by atoms with Crippen LogP contribution in [0, 0.1) is 12.7 Å². The van der Waals surface area contributed by atoms with Crippen LogP contribution in [0.3, 0.4) is 0 Å². The highest BCUT2D eigenvalue weighted by atomic mass is 32.2. The van der Waals surface area contributed by atoms with Gasteiger partial charge >= 0.3 is 0 Å². The molecule has 0 fully saturated rings. The molecule has 0 saturated heterocycles. The summed E-state index contributed by atoms with van der Waals surface area (Å²) in [4.78, 5) is 24.0.